The topological polar surface area (TPSA) is 32.3 Å². The van der Waals surface area contributed by atoms with Crippen LogP contribution in [0.5, 0.6) is 0 Å². The van der Waals surface area contributed by atoms with E-state index in [1.807, 2.05) is 24.3 Å². The zero-order valence-corrected chi connectivity index (χ0v) is 14.9. The molecule has 0 amide bonds. The second kappa shape index (κ2) is 7.14. The van der Waals surface area contributed by atoms with E-state index in [9.17, 15) is 5.11 Å². The number of hydrogen-bond donors (Lipinski definition) is 2. The molecule has 6 heteroatoms. The van der Waals surface area contributed by atoms with Gasteiger partial charge in [0.15, 0.2) is 0 Å². The molecule has 0 spiro atoms. The normalized spacial score (nSPS) is 12.2. The zero-order chi connectivity index (χ0) is 14.7. The maximum atomic E-state index is 10.2. The molecule has 0 aliphatic rings. The van der Waals surface area contributed by atoms with Crippen LogP contribution < -0.4 is 5.32 Å². The van der Waals surface area contributed by atoms with Crippen LogP contribution in [0.25, 0.3) is 0 Å². The minimum Gasteiger partial charge on any atom is -0.387 e. The molecule has 0 heterocycles. The summed E-state index contributed by atoms with van der Waals surface area (Å²) in [6.07, 6.45) is -0.650. The van der Waals surface area contributed by atoms with E-state index in [0.29, 0.717) is 22.3 Å². The molecule has 2 nitrogen and oxygen atoms in total. The van der Waals surface area contributed by atoms with Crippen molar-refractivity contribution in [2.75, 3.05) is 11.9 Å². The monoisotopic (exact) mass is 437 g/mol. The Hall–Kier alpha value is -0.260. The van der Waals surface area contributed by atoms with Gasteiger partial charge in [-0.2, -0.15) is 0 Å². The fourth-order valence-corrected chi connectivity index (χ4v) is 3.50. The highest BCUT2D eigenvalue weighted by atomic mass is 79.9. The summed E-state index contributed by atoms with van der Waals surface area (Å²) in [4.78, 5) is 0. The molecule has 0 bridgehead atoms. The fourth-order valence-electron chi connectivity index (χ4n) is 1.74. The third-order valence-electron chi connectivity index (χ3n) is 2.71. The molecule has 0 saturated heterocycles. The summed E-state index contributed by atoms with van der Waals surface area (Å²) in [7, 11) is 0. The van der Waals surface area contributed by atoms with Gasteiger partial charge in [0.05, 0.1) is 21.8 Å². The van der Waals surface area contributed by atoms with Gasteiger partial charge in [-0.3, -0.25) is 0 Å². The van der Waals surface area contributed by atoms with Gasteiger partial charge in [-0.1, -0.05) is 67.2 Å². The first-order valence-corrected chi connectivity index (χ1v) is 8.13. The van der Waals surface area contributed by atoms with Crippen molar-refractivity contribution in [3.8, 4) is 0 Å². The average Bonchev–Trinajstić information content (AvgIpc) is 2.37. The van der Waals surface area contributed by atoms with Gasteiger partial charge < -0.3 is 10.4 Å². The summed E-state index contributed by atoms with van der Waals surface area (Å²) < 4.78 is 1.74. The molecule has 2 aromatic rings. The van der Waals surface area contributed by atoms with Crippen molar-refractivity contribution in [1.82, 2.24) is 0 Å². The van der Waals surface area contributed by atoms with Crippen LogP contribution in [0.4, 0.5) is 5.69 Å². The number of hydrogen-bond acceptors (Lipinski definition) is 2. The molecule has 1 atom stereocenters. The number of aliphatic hydroxyl groups is 1. The van der Waals surface area contributed by atoms with Crippen LogP contribution in [-0.4, -0.2) is 11.7 Å². The lowest BCUT2D eigenvalue weighted by Gasteiger charge is -2.15. The average molecular weight is 440 g/mol. The number of halogens is 4. The molecule has 0 saturated carbocycles. The highest BCUT2D eigenvalue weighted by Crippen LogP contribution is 2.34. The third kappa shape index (κ3) is 4.12. The quantitative estimate of drug-likeness (QED) is 0.643. The van der Waals surface area contributed by atoms with Gasteiger partial charge in [0.25, 0.3) is 0 Å². The lowest BCUT2D eigenvalue weighted by Crippen LogP contribution is -2.12. The number of aliphatic hydroxyl groups excluding tert-OH is 1. The Morgan fingerprint density at radius 1 is 1.05 bits per heavy atom. The van der Waals surface area contributed by atoms with Crippen LogP contribution in [0.1, 0.15) is 11.7 Å². The number of benzene rings is 2. The minimum atomic E-state index is -0.650. The highest BCUT2D eigenvalue weighted by Gasteiger charge is 2.11. The molecule has 1 unspecified atom stereocenters. The number of nitrogens with one attached hydrogen (secondary N) is 1. The highest BCUT2D eigenvalue weighted by molar-refractivity contribution is 9.10. The maximum Gasteiger partial charge on any atom is 0.0962 e. The molecule has 20 heavy (non-hydrogen) atoms. The summed E-state index contributed by atoms with van der Waals surface area (Å²) in [6.45, 7) is 0.317. The van der Waals surface area contributed by atoms with E-state index in [-0.39, 0.29) is 0 Å². The Labute approximate surface area is 144 Å². The smallest absolute Gasteiger partial charge is 0.0962 e. The molecule has 0 aliphatic heterocycles. The standard InChI is InChI=1S/C14H11Br2Cl2NO/c15-9-3-1-2-8(4-9)13(20)7-19-14-11(17)5-10(16)6-12(14)18/h1-6,13,19-20H,7H2. The molecule has 0 aliphatic carbocycles. The summed E-state index contributed by atoms with van der Waals surface area (Å²) in [5.74, 6) is 0. The first-order valence-electron chi connectivity index (χ1n) is 5.79. The van der Waals surface area contributed by atoms with Gasteiger partial charge in [0, 0.05) is 15.5 Å². The lowest BCUT2D eigenvalue weighted by atomic mass is 10.1. The Balaban J connectivity index is 2.09. The SMILES string of the molecule is OC(CNc1c(Cl)cc(Br)cc1Cl)c1cccc(Br)c1. The van der Waals surface area contributed by atoms with E-state index in [1.165, 1.54) is 0 Å². The van der Waals surface area contributed by atoms with Gasteiger partial charge in [-0.05, 0) is 29.8 Å². The van der Waals surface area contributed by atoms with E-state index in [2.05, 4.69) is 37.2 Å². The van der Waals surface area contributed by atoms with Crippen molar-refractivity contribution in [3.05, 3.63) is 61.0 Å². The maximum absolute atomic E-state index is 10.2. The Morgan fingerprint density at radius 3 is 2.30 bits per heavy atom. The van der Waals surface area contributed by atoms with Crippen LogP contribution in [0.15, 0.2) is 45.3 Å². The number of rotatable bonds is 4. The fraction of sp³-hybridized carbons (Fsp3) is 0.143. The van der Waals surface area contributed by atoms with Crippen LogP contribution in [-0.2, 0) is 0 Å². The van der Waals surface area contributed by atoms with Crippen LogP contribution in [0.2, 0.25) is 10.0 Å². The summed E-state index contributed by atoms with van der Waals surface area (Å²) in [5, 5.41) is 14.3. The van der Waals surface area contributed by atoms with Gasteiger partial charge in [0.1, 0.15) is 0 Å². The summed E-state index contributed by atoms with van der Waals surface area (Å²) >= 11 is 18.9. The van der Waals surface area contributed by atoms with Crippen LogP contribution in [0, 0.1) is 0 Å². The second-order valence-corrected chi connectivity index (χ2v) is 6.84. The molecular formula is C14H11Br2Cl2NO. The van der Waals surface area contributed by atoms with Gasteiger partial charge in [-0.15, -0.1) is 0 Å². The zero-order valence-electron chi connectivity index (χ0n) is 10.2. The van der Waals surface area contributed by atoms with Crippen molar-refractivity contribution in [3.63, 3.8) is 0 Å². The van der Waals surface area contributed by atoms with E-state index >= 15 is 0 Å². The molecule has 106 valence electrons. The minimum absolute atomic E-state index is 0.317. The molecule has 0 radical (unpaired) electrons. The van der Waals surface area contributed by atoms with Crippen molar-refractivity contribution >= 4 is 60.7 Å². The molecular weight excluding hydrogens is 429 g/mol. The Kier molecular flexibility index (Phi) is 5.75. The Morgan fingerprint density at radius 2 is 1.70 bits per heavy atom. The van der Waals surface area contributed by atoms with E-state index in [0.717, 1.165) is 14.5 Å². The van der Waals surface area contributed by atoms with Crippen molar-refractivity contribution in [2.45, 2.75) is 6.10 Å². The van der Waals surface area contributed by atoms with E-state index < -0.39 is 6.10 Å². The van der Waals surface area contributed by atoms with Gasteiger partial charge in [0.2, 0.25) is 0 Å². The molecule has 0 aromatic heterocycles. The Bertz CT molecular complexity index is 599. The predicted molar refractivity (Wildman–Crippen MR) is 91.8 cm³/mol. The van der Waals surface area contributed by atoms with E-state index in [4.69, 9.17) is 23.2 Å². The molecule has 2 N–H and O–H groups in total. The first kappa shape index (κ1) is 16.1. The van der Waals surface area contributed by atoms with Crippen molar-refractivity contribution < 1.29 is 5.11 Å². The van der Waals surface area contributed by atoms with Gasteiger partial charge >= 0.3 is 0 Å². The predicted octanol–water partition coefficient (Wildman–Crippen LogP) is 5.66. The summed E-state index contributed by atoms with van der Waals surface area (Å²) in [5.41, 5.74) is 1.43. The van der Waals surface area contributed by atoms with Crippen molar-refractivity contribution in [2.24, 2.45) is 0 Å². The third-order valence-corrected chi connectivity index (χ3v) is 4.26. The van der Waals surface area contributed by atoms with E-state index in [1.54, 1.807) is 12.1 Å². The second-order valence-electron chi connectivity index (χ2n) is 4.20. The molecule has 2 rings (SSSR count). The lowest BCUT2D eigenvalue weighted by molar-refractivity contribution is 0.191. The molecule has 0 fully saturated rings. The van der Waals surface area contributed by atoms with Crippen LogP contribution in [0.3, 0.4) is 0 Å². The van der Waals surface area contributed by atoms with Crippen molar-refractivity contribution in [1.29, 1.82) is 0 Å². The molecule has 2 aromatic carbocycles. The number of anilines is 1. The first-order chi connectivity index (χ1) is 9.47. The van der Waals surface area contributed by atoms with Crippen LogP contribution >= 0.6 is 55.1 Å². The van der Waals surface area contributed by atoms with Gasteiger partial charge in [-0.25, -0.2) is 0 Å². The largest absolute Gasteiger partial charge is 0.387 e. The summed E-state index contributed by atoms with van der Waals surface area (Å²) in [6, 6.07) is 11.0.